The summed E-state index contributed by atoms with van der Waals surface area (Å²) >= 11 is 0. The fourth-order valence-corrected chi connectivity index (χ4v) is 7.73. The maximum absolute atomic E-state index is 10.8. The SMILES string of the molecule is C/C=C\c1c(C)c2ccccc2n1-c1c(-n2c3ccc(C4=CCC=CC=C4)cc3c3c4oc5ccccc5c4ccc32)ccc(C#N)c1C#N. The molecule has 9 rings (SSSR count). The number of hydrogen-bond acceptors (Lipinski definition) is 3. The van der Waals surface area contributed by atoms with Crippen LogP contribution in [0.5, 0.6) is 0 Å². The van der Waals surface area contributed by atoms with Gasteiger partial charge in [-0.3, -0.25) is 0 Å². The summed E-state index contributed by atoms with van der Waals surface area (Å²) in [6, 6.07) is 35.8. The summed E-state index contributed by atoms with van der Waals surface area (Å²) in [5.41, 5.74) is 11.0. The van der Waals surface area contributed by atoms with Crippen molar-refractivity contribution < 1.29 is 4.42 Å². The second-order valence-electron chi connectivity index (χ2n) is 12.6. The van der Waals surface area contributed by atoms with Gasteiger partial charge in [-0.15, -0.1) is 0 Å². The van der Waals surface area contributed by atoms with E-state index in [0.717, 1.165) is 89.1 Å². The molecule has 0 aliphatic heterocycles. The van der Waals surface area contributed by atoms with Gasteiger partial charge < -0.3 is 13.6 Å². The molecule has 3 aromatic heterocycles. The quantitative estimate of drug-likeness (QED) is 0.192. The summed E-state index contributed by atoms with van der Waals surface area (Å²) in [5.74, 6) is 0. The van der Waals surface area contributed by atoms with Crippen LogP contribution in [-0.4, -0.2) is 9.13 Å². The third kappa shape index (κ3) is 4.18. The molecule has 0 N–H and O–H groups in total. The van der Waals surface area contributed by atoms with Crippen molar-refractivity contribution in [1.29, 1.82) is 10.5 Å². The second kappa shape index (κ2) is 11.4. The molecule has 5 heteroatoms. The Morgan fingerprint density at radius 3 is 2.40 bits per heavy atom. The van der Waals surface area contributed by atoms with Crippen LogP contribution in [0, 0.1) is 29.6 Å². The molecular weight excluding hydrogens is 613 g/mol. The van der Waals surface area contributed by atoms with E-state index in [9.17, 15) is 10.5 Å². The Labute approximate surface area is 288 Å². The number of nitrogens with zero attached hydrogens (tertiary/aromatic N) is 4. The predicted molar refractivity (Wildman–Crippen MR) is 205 cm³/mol. The number of nitriles is 2. The highest BCUT2D eigenvalue weighted by molar-refractivity contribution is 6.24. The third-order valence-electron chi connectivity index (χ3n) is 9.95. The molecule has 0 saturated carbocycles. The summed E-state index contributed by atoms with van der Waals surface area (Å²) in [6.07, 6.45) is 15.7. The summed E-state index contributed by atoms with van der Waals surface area (Å²) in [7, 11) is 0. The average Bonchev–Trinajstić information content (AvgIpc) is 3.68. The van der Waals surface area contributed by atoms with Crippen LogP contribution in [0.15, 0.2) is 132 Å². The summed E-state index contributed by atoms with van der Waals surface area (Å²) in [4.78, 5) is 0. The van der Waals surface area contributed by atoms with E-state index in [1.807, 2.05) is 49.4 Å². The molecule has 8 aromatic rings. The Morgan fingerprint density at radius 1 is 0.760 bits per heavy atom. The molecule has 0 atom stereocenters. The molecule has 3 heterocycles. The van der Waals surface area contributed by atoms with Crippen LogP contribution in [0.25, 0.3) is 77.7 Å². The van der Waals surface area contributed by atoms with Crippen LogP contribution in [0.1, 0.15) is 41.3 Å². The Bertz CT molecular complexity index is 2940. The van der Waals surface area contributed by atoms with Gasteiger partial charge in [0.25, 0.3) is 0 Å². The first-order chi connectivity index (χ1) is 24.6. The highest BCUT2D eigenvalue weighted by Crippen LogP contribution is 2.44. The molecule has 1 aliphatic rings. The molecule has 0 bridgehead atoms. The molecule has 5 aromatic carbocycles. The van der Waals surface area contributed by atoms with Gasteiger partial charge in [0.1, 0.15) is 23.3 Å². The standard InChI is InChI=1S/C45H30N4O/c1-3-12-37-28(2)32-15-8-10-17-38(32)49(37)44-36(27-47)31(26-46)20-23-41(44)48-39-22-19-30(29-13-6-4-5-7-14-29)25-35(39)43-40(48)24-21-34-33-16-9-11-18-42(33)50-45(34)43/h3-6,8-25H,7H2,1-2H3/b12-3-. The molecule has 0 amide bonds. The van der Waals surface area contributed by atoms with Crippen LogP contribution in [0.4, 0.5) is 0 Å². The highest BCUT2D eigenvalue weighted by atomic mass is 16.3. The minimum absolute atomic E-state index is 0.328. The molecule has 0 unspecified atom stereocenters. The minimum atomic E-state index is 0.328. The molecule has 5 nitrogen and oxygen atoms in total. The van der Waals surface area contributed by atoms with E-state index in [2.05, 4.69) is 113 Å². The largest absolute Gasteiger partial charge is 0.455 e. The fraction of sp³-hybridized carbons (Fsp3) is 0.0667. The zero-order valence-corrected chi connectivity index (χ0v) is 27.6. The van der Waals surface area contributed by atoms with Gasteiger partial charge in [-0.25, -0.2) is 0 Å². The maximum Gasteiger partial charge on any atom is 0.145 e. The lowest BCUT2D eigenvalue weighted by Gasteiger charge is -2.19. The molecule has 50 heavy (non-hydrogen) atoms. The zero-order valence-electron chi connectivity index (χ0n) is 27.6. The Hall–Kier alpha value is -6.82. The molecule has 236 valence electrons. The predicted octanol–water partition coefficient (Wildman–Crippen LogP) is 11.6. The van der Waals surface area contributed by atoms with Gasteiger partial charge in [-0.05, 0) is 91.6 Å². The van der Waals surface area contributed by atoms with Gasteiger partial charge in [0.05, 0.1) is 44.4 Å². The Kier molecular flexibility index (Phi) is 6.69. The number of allylic oxidation sites excluding steroid dienone is 7. The number of benzene rings is 5. The minimum Gasteiger partial charge on any atom is -0.455 e. The number of aromatic nitrogens is 2. The van der Waals surface area contributed by atoms with Crippen LogP contribution in [0.3, 0.4) is 0 Å². The summed E-state index contributed by atoms with van der Waals surface area (Å²) < 4.78 is 11.1. The summed E-state index contributed by atoms with van der Waals surface area (Å²) in [5, 5.41) is 26.3. The normalized spacial score (nSPS) is 13.2. The first kappa shape index (κ1) is 29.3. The van der Waals surface area contributed by atoms with Gasteiger partial charge in [0.2, 0.25) is 0 Å². The summed E-state index contributed by atoms with van der Waals surface area (Å²) in [6.45, 7) is 4.11. The van der Waals surface area contributed by atoms with E-state index in [1.165, 1.54) is 0 Å². The van der Waals surface area contributed by atoms with Crippen LogP contribution in [0.2, 0.25) is 0 Å². The average molecular weight is 643 g/mol. The van der Waals surface area contributed by atoms with Crippen LogP contribution < -0.4 is 0 Å². The van der Waals surface area contributed by atoms with E-state index in [1.54, 1.807) is 6.07 Å². The first-order valence-corrected chi connectivity index (χ1v) is 16.8. The van der Waals surface area contributed by atoms with E-state index < -0.39 is 0 Å². The zero-order chi connectivity index (χ0) is 33.9. The van der Waals surface area contributed by atoms with Gasteiger partial charge in [-0.1, -0.05) is 78.9 Å². The van der Waals surface area contributed by atoms with Gasteiger partial charge in [-0.2, -0.15) is 10.5 Å². The van der Waals surface area contributed by atoms with Crippen molar-refractivity contribution in [2.45, 2.75) is 20.3 Å². The lowest BCUT2D eigenvalue weighted by atomic mass is 10.0. The van der Waals surface area contributed by atoms with Crippen molar-refractivity contribution in [1.82, 2.24) is 9.13 Å². The Balaban J connectivity index is 1.47. The van der Waals surface area contributed by atoms with Gasteiger partial charge in [0.15, 0.2) is 0 Å². The number of furan rings is 1. The van der Waals surface area contributed by atoms with Crippen molar-refractivity contribution in [3.63, 3.8) is 0 Å². The van der Waals surface area contributed by atoms with Crippen LogP contribution >= 0.6 is 0 Å². The van der Waals surface area contributed by atoms with Crippen LogP contribution in [-0.2, 0) is 0 Å². The van der Waals surface area contributed by atoms with Crippen molar-refractivity contribution in [2.24, 2.45) is 0 Å². The number of fused-ring (bicyclic) bond motifs is 8. The van der Waals surface area contributed by atoms with Crippen molar-refractivity contribution >= 4 is 66.3 Å². The third-order valence-corrected chi connectivity index (χ3v) is 9.95. The highest BCUT2D eigenvalue weighted by Gasteiger charge is 2.26. The monoisotopic (exact) mass is 642 g/mol. The Morgan fingerprint density at radius 2 is 1.56 bits per heavy atom. The molecule has 1 aliphatic carbocycles. The number of hydrogen-bond donors (Lipinski definition) is 0. The molecule has 0 spiro atoms. The topological polar surface area (TPSA) is 70.6 Å². The number of aryl methyl sites for hydroxylation is 1. The molecule has 0 radical (unpaired) electrons. The smallest absolute Gasteiger partial charge is 0.145 e. The van der Waals surface area contributed by atoms with E-state index >= 15 is 0 Å². The maximum atomic E-state index is 10.8. The lowest BCUT2D eigenvalue weighted by Crippen LogP contribution is -2.09. The van der Waals surface area contributed by atoms with E-state index in [-0.39, 0.29) is 0 Å². The first-order valence-electron chi connectivity index (χ1n) is 16.8. The molecular formula is C45H30N4O. The number of rotatable bonds is 4. The van der Waals surface area contributed by atoms with Gasteiger partial charge >= 0.3 is 0 Å². The van der Waals surface area contributed by atoms with E-state index in [0.29, 0.717) is 16.8 Å². The van der Waals surface area contributed by atoms with Gasteiger partial charge in [0, 0.05) is 27.2 Å². The fourth-order valence-electron chi connectivity index (χ4n) is 7.73. The second-order valence-corrected chi connectivity index (χ2v) is 12.6. The molecule has 0 saturated heterocycles. The van der Waals surface area contributed by atoms with E-state index in [4.69, 9.17) is 4.42 Å². The number of para-hydroxylation sites is 2. The molecule has 0 fully saturated rings. The van der Waals surface area contributed by atoms with Crippen molar-refractivity contribution in [3.05, 3.63) is 155 Å². The van der Waals surface area contributed by atoms with Crippen molar-refractivity contribution in [3.8, 4) is 23.5 Å². The lowest BCUT2D eigenvalue weighted by molar-refractivity contribution is 0.673. The van der Waals surface area contributed by atoms with Crippen molar-refractivity contribution in [2.75, 3.05) is 0 Å².